The number of hydrogen-bond donors (Lipinski definition) is 0. The second-order valence-electron chi connectivity index (χ2n) is 7.30. The van der Waals surface area contributed by atoms with Crippen molar-refractivity contribution in [3.05, 3.63) is 35.1 Å². The van der Waals surface area contributed by atoms with Gasteiger partial charge in [0.1, 0.15) is 5.82 Å². The fourth-order valence-electron chi connectivity index (χ4n) is 5.36. The number of Topliss-reactive ketones (excluding diaryl/α,β-unsaturated/α-hetero) is 1. The summed E-state index contributed by atoms with van der Waals surface area (Å²) in [5.41, 5.74) is 1.31. The van der Waals surface area contributed by atoms with Crippen LogP contribution in [0.1, 0.15) is 48.0 Å². The monoisotopic (exact) mass is 272 g/mol. The van der Waals surface area contributed by atoms with Gasteiger partial charge in [0.15, 0.2) is 5.78 Å². The van der Waals surface area contributed by atoms with Crippen molar-refractivity contribution in [2.24, 2.45) is 29.6 Å². The van der Waals surface area contributed by atoms with E-state index in [0.717, 1.165) is 17.4 Å². The van der Waals surface area contributed by atoms with E-state index in [4.69, 9.17) is 0 Å². The van der Waals surface area contributed by atoms with Crippen molar-refractivity contribution >= 4 is 5.78 Å². The highest BCUT2D eigenvalue weighted by molar-refractivity contribution is 5.98. The molecule has 4 aliphatic carbocycles. The molecule has 4 aliphatic rings. The SMILES string of the molecule is Cc1ccc(F)c(C(=O)C2C3CC4CC(C3)CC2C4)c1. The van der Waals surface area contributed by atoms with E-state index in [-0.39, 0.29) is 17.5 Å². The second-order valence-corrected chi connectivity index (χ2v) is 7.30. The Morgan fingerprint density at radius 3 is 2.25 bits per heavy atom. The highest BCUT2D eigenvalue weighted by atomic mass is 19.1. The van der Waals surface area contributed by atoms with Crippen LogP contribution in [0.3, 0.4) is 0 Å². The summed E-state index contributed by atoms with van der Waals surface area (Å²) in [5.74, 6) is 2.60. The summed E-state index contributed by atoms with van der Waals surface area (Å²) < 4.78 is 14.0. The van der Waals surface area contributed by atoms with Gasteiger partial charge in [0.2, 0.25) is 0 Å². The highest BCUT2D eigenvalue weighted by Crippen LogP contribution is 2.57. The van der Waals surface area contributed by atoms with Gasteiger partial charge in [-0.1, -0.05) is 11.6 Å². The molecule has 0 saturated heterocycles. The first-order valence-electron chi connectivity index (χ1n) is 7.92. The molecule has 4 fully saturated rings. The number of carbonyl (C=O) groups excluding carboxylic acids is 1. The minimum absolute atomic E-state index is 0.0833. The van der Waals surface area contributed by atoms with Crippen LogP contribution >= 0.6 is 0 Å². The number of hydrogen-bond acceptors (Lipinski definition) is 1. The van der Waals surface area contributed by atoms with Gasteiger partial charge in [-0.05, 0) is 74.8 Å². The fourth-order valence-corrected chi connectivity index (χ4v) is 5.36. The lowest BCUT2D eigenvalue weighted by Gasteiger charge is -2.53. The van der Waals surface area contributed by atoms with E-state index in [1.54, 1.807) is 12.1 Å². The molecule has 4 saturated carbocycles. The van der Waals surface area contributed by atoms with Gasteiger partial charge < -0.3 is 0 Å². The lowest BCUT2D eigenvalue weighted by Crippen LogP contribution is -2.48. The van der Waals surface area contributed by atoms with Crippen LogP contribution in [0.25, 0.3) is 0 Å². The third-order valence-electron chi connectivity index (χ3n) is 5.92. The topological polar surface area (TPSA) is 17.1 Å². The van der Waals surface area contributed by atoms with Crippen LogP contribution in [-0.4, -0.2) is 5.78 Å². The molecule has 2 heteroatoms. The molecule has 20 heavy (non-hydrogen) atoms. The molecule has 0 aliphatic heterocycles. The third-order valence-corrected chi connectivity index (χ3v) is 5.92. The van der Waals surface area contributed by atoms with Gasteiger partial charge in [0, 0.05) is 5.92 Å². The number of aryl methyl sites for hydroxylation is 1. The molecular weight excluding hydrogens is 251 g/mol. The molecule has 0 aromatic heterocycles. The Kier molecular flexibility index (Phi) is 2.77. The molecule has 5 rings (SSSR count). The number of ketones is 1. The summed E-state index contributed by atoms with van der Waals surface area (Å²) in [5, 5.41) is 0. The smallest absolute Gasteiger partial charge is 0.169 e. The van der Waals surface area contributed by atoms with Gasteiger partial charge in [0.25, 0.3) is 0 Å². The number of benzene rings is 1. The molecule has 0 radical (unpaired) electrons. The van der Waals surface area contributed by atoms with E-state index >= 15 is 0 Å². The Bertz CT molecular complexity index is 535. The maximum Gasteiger partial charge on any atom is 0.169 e. The van der Waals surface area contributed by atoms with Gasteiger partial charge in [-0.2, -0.15) is 0 Å². The van der Waals surface area contributed by atoms with Crippen molar-refractivity contribution in [2.75, 3.05) is 0 Å². The van der Waals surface area contributed by atoms with Crippen molar-refractivity contribution in [1.82, 2.24) is 0 Å². The number of carbonyl (C=O) groups is 1. The molecule has 0 N–H and O–H groups in total. The number of rotatable bonds is 2. The number of halogens is 1. The standard InChI is InChI=1S/C18H21FO/c1-10-2-3-16(19)15(4-10)18(20)17-13-6-11-5-12(8-13)9-14(17)7-11/h2-4,11-14,17H,5-9H2,1H3. The maximum atomic E-state index is 14.0. The van der Waals surface area contributed by atoms with Crippen LogP contribution in [-0.2, 0) is 0 Å². The van der Waals surface area contributed by atoms with Gasteiger partial charge in [0.05, 0.1) is 5.56 Å². The maximum absolute atomic E-state index is 14.0. The molecule has 4 bridgehead atoms. The molecule has 1 aromatic rings. The van der Waals surface area contributed by atoms with E-state index in [9.17, 15) is 9.18 Å². The predicted octanol–water partition coefficient (Wildman–Crippen LogP) is 4.39. The summed E-state index contributed by atoms with van der Waals surface area (Å²) in [4.78, 5) is 12.9. The molecular formula is C18H21FO. The third kappa shape index (κ3) is 1.84. The van der Waals surface area contributed by atoms with Gasteiger partial charge in [-0.3, -0.25) is 4.79 Å². The van der Waals surface area contributed by atoms with Gasteiger partial charge >= 0.3 is 0 Å². The minimum atomic E-state index is -0.339. The van der Waals surface area contributed by atoms with Crippen LogP contribution in [0.15, 0.2) is 18.2 Å². The minimum Gasteiger partial charge on any atom is -0.294 e. The van der Waals surface area contributed by atoms with Crippen molar-refractivity contribution in [1.29, 1.82) is 0 Å². The fraction of sp³-hybridized carbons (Fsp3) is 0.611. The Hall–Kier alpha value is -1.18. The van der Waals surface area contributed by atoms with E-state index in [0.29, 0.717) is 17.4 Å². The quantitative estimate of drug-likeness (QED) is 0.730. The van der Waals surface area contributed by atoms with Crippen LogP contribution in [0, 0.1) is 42.3 Å². The predicted molar refractivity (Wildman–Crippen MR) is 76.0 cm³/mol. The lowest BCUT2D eigenvalue weighted by atomic mass is 9.51. The first kappa shape index (κ1) is 12.6. The molecule has 106 valence electrons. The first-order chi connectivity index (χ1) is 9.61. The first-order valence-corrected chi connectivity index (χ1v) is 7.92. The molecule has 0 amide bonds. The molecule has 0 heterocycles. The Morgan fingerprint density at radius 1 is 1.05 bits per heavy atom. The van der Waals surface area contributed by atoms with Gasteiger partial charge in [-0.15, -0.1) is 0 Å². The van der Waals surface area contributed by atoms with Crippen LogP contribution in [0.4, 0.5) is 4.39 Å². The summed E-state index contributed by atoms with van der Waals surface area (Å²) in [6.07, 6.45) is 6.20. The molecule has 1 nitrogen and oxygen atoms in total. The van der Waals surface area contributed by atoms with Crippen molar-refractivity contribution < 1.29 is 9.18 Å². The molecule has 1 aromatic carbocycles. The summed E-state index contributed by atoms with van der Waals surface area (Å²) in [6, 6.07) is 4.92. The van der Waals surface area contributed by atoms with Gasteiger partial charge in [-0.25, -0.2) is 4.39 Å². The summed E-state index contributed by atoms with van der Waals surface area (Å²) in [6.45, 7) is 1.92. The summed E-state index contributed by atoms with van der Waals surface area (Å²) >= 11 is 0. The summed E-state index contributed by atoms with van der Waals surface area (Å²) in [7, 11) is 0. The molecule has 0 unspecified atom stereocenters. The lowest BCUT2D eigenvalue weighted by molar-refractivity contribution is -0.0252. The zero-order valence-corrected chi connectivity index (χ0v) is 11.9. The normalized spacial score (nSPS) is 38.2. The van der Waals surface area contributed by atoms with Crippen LogP contribution in [0.2, 0.25) is 0 Å². The van der Waals surface area contributed by atoms with E-state index in [1.165, 1.54) is 38.2 Å². The highest BCUT2D eigenvalue weighted by Gasteiger charge is 2.50. The Balaban J connectivity index is 1.67. The largest absolute Gasteiger partial charge is 0.294 e. The van der Waals surface area contributed by atoms with Crippen molar-refractivity contribution in [3.63, 3.8) is 0 Å². The second kappa shape index (κ2) is 4.41. The van der Waals surface area contributed by atoms with Crippen LogP contribution in [0.5, 0.6) is 0 Å². The Labute approximate surface area is 119 Å². The molecule has 0 atom stereocenters. The average molecular weight is 272 g/mol. The van der Waals surface area contributed by atoms with Crippen molar-refractivity contribution in [2.45, 2.75) is 39.0 Å². The van der Waals surface area contributed by atoms with E-state index < -0.39 is 0 Å². The Morgan fingerprint density at radius 2 is 1.65 bits per heavy atom. The zero-order valence-electron chi connectivity index (χ0n) is 11.9. The average Bonchev–Trinajstić information content (AvgIpc) is 2.40. The van der Waals surface area contributed by atoms with E-state index in [2.05, 4.69) is 0 Å². The van der Waals surface area contributed by atoms with Crippen molar-refractivity contribution in [3.8, 4) is 0 Å². The molecule has 0 spiro atoms. The zero-order chi connectivity index (χ0) is 13.9. The van der Waals surface area contributed by atoms with E-state index in [1.807, 2.05) is 6.92 Å². The van der Waals surface area contributed by atoms with Crippen LogP contribution < -0.4 is 0 Å².